The molecule has 0 aliphatic heterocycles. The molecular formula is C15H18F3N5. The van der Waals surface area contributed by atoms with E-state index in [4.69, 9.17) is 0 Å². The lowest BCUT2D eigenvalue weighted by molar-refractivity contribution is -0.141. The van der Waals surface area contributed by atoms with Gasteiger partial charge in [-0.3, -0.25) is 4.98 Å². The van der Waals surface area contributed by atoms with Crippen molar-refractivity contribution in [2.45, 2.75) is 32.5 Å². The second-order valence-electron chi connectivity index (χ2n) is 5.29. The molecule has 0 bridgehead atoms. The van der Waals surface area contributed by atoms with Crippen molar-refractivity contribution in [2.75, 3.05) is 17.2 Å². The maximum Gasteiger partial charge on any atom is 0.433 e. The summed E-state index contributed by atoms with van der Waals surface area (Å²) in [5.41, 5.74) is 0.0696. The van der Waals surface area contributed by atoms with Crippen molar-refractivity contribution in [3.63, 3.8) is 0 Å². The van der Waals surface area contributed by atoms with E-state index in [1.54, 1.807) is 26.2 Å². The molecule has 2 aromatic heterocycles. The van der Waals surface area contributed by atoms with Crippen LogP contribution in [-0.2, 0) is 12.6 Å². The smallest absolute Gasteiger partial charge is 0.370 e. The standard InChI is InChI=1S/C15H18F3N5/c1-10(2)21-14-22-12(15(16,17)18)9-13(23-14)20-8-5-11-3-6-19-7-4-11/h3-4,6-7,9-10H,5,8H2,1-2H3,(H2,20,21,22,23). The number of nitrogens with zero attached hydrogens (tertiary/aromatic N) is 3. The van der Waals surface area contributed by atoms with Crippen LogP contribution in [0.25, 0.3) is 0 Å². The summed E-state index contributed by atoms with van der Waals surface area (Å²) in [5, 5.41) is 5.70. The van der Waals surface area contributed by atoms with Crippen molar-refractivity contribution in [1.29, 1.82) is 0 Å². The van der Waals surface area contributed by atoms with Crippen molar-refractivity contribution in [3.05, 3.63) is 41.9 Å². The molecule has 124 valence electrons. The van der Waals surface area contributed by atoms with E-state index in [2.05, 4.69) is 25.6 Å². The zero-order valence-electron chi connectivity index (χ0n) is 12.9. The highest BCUT2D eigenvalue weighted by atomic mass is 19.4. The zero-order valence-corrected chi connectivity index (χ0v) is 12.9. The Morgan fingerprint density at radius 3 is 2.43 bits per heavy atom. The van der Waals surface area contributed by atoms with Crippen LogP contribution < -0.4 is 10.6 Å². The lowest BCUT2D eigenvalue weighted by atomic mass is 10.2. The molecule has 5 nitrogen and oxygen atoms in total. The fourth-order valence-electron chi connectivity index (χ4n) is 1.89. The summed E-state index contributed by atoms with van der Waals surface area (Å²) in [6, 6.07) is 4.56. The maximum atomic E-state index is 12.9. The quantitative estimate of drug-likeness (QED) is 0.853. The predicted octanol–water partition coefficient (Wildman–Crippen LogP) is 3.37. The molecule has 0 aromatic carbocycles. The number of nitrogens with one attached hydrogen (secondary N) is 2. The van der Waals surface area contributed by atoms with Crippen LogP contribution in [0.2, 0.25) is 0 Å². The van der Waals surface area contributed by atoms with Crippen molar-refractivity contribution in [3.8, 4) is 0 Å². The minimum absolute atomic E-state index is 0.0405. The predicted molar refractivity (Wildman–Crippen MR) is 82.2 cm³/mol. The number of hydrogen-bond donors (Lipinski definition) is 2. The van der Waals surface area contributed by atoms with Gasteiger partial charge in [0.15, 0.2) is 5.69 Å². The van der Waals surface area contributed by atoms with Crippen LogP contribution >= 0.6 is 0 Å². The molecule has 0 spiro atoms. The van der Waals surface area contributed by atoms with Crippen molar-refractivity contribution >= 4 is 11.8 Å². The molecule has 0 atom stereocenters. The van der Waals surface area contributed by atoms with E-state index < -0.39 is 11.9 Å². The number of pyridine rings is 1. The molecule has 0 saturated heterocycles. The van der Waals surface area contributed by atoms with E-state index >= 15 is 0 Å². The lowest BCUT2D eigenvalue weighted by Crippen LogP contribution is -2.18. The Hall–Kier alpha value is -2.38. The molecule has 0 radical (unpaired) electrons. The van der Waals surface area contributed by atoms with Crippen LogP contribution in [0, 0.1) is 0 Å². The van der Waals surface area contributed by atoms with E-state index in [-0.39, 0.29) is 17.8 Å². The van der Waals surface area contributed by atoms with Gasteiger partial charge in [-0.2, -0.15) is 18.2 Å². The number of rotatable bonds is 6. The first-order valence-electron chi connectivity index (χ1n) is 7.20. The Morgan fingerprint density at radius 1 is 1.13 bits per heavy atom. The molecular weight excluding hydrogens is 307 g/mol. The van der Waals surface area contributed by atoms with Crippen LogP contribution in [-0.4, -0.2) is 27.5 Å². The topological polar surface area (TPSA) is 62.7 Å². The van der Waals surface area contributed by atoms with E-state index in [0.717, 1.165) is 11.6 Å². The van der Waals surface area contributed by atoms with Crippen LogP contribution in [0.3, 0.4) is 0 Å². The van der Waals surface area contributed by atoms with Gasteiger partial charge in [0, 0.05) is 31.0 Å². The van der Waals surface area contributed by atoms with E-state index in [1.807, 2.05) is 12.1 Å². The van der Waals surface area contributed by atoms with Gasteiger partial charge in [-0.15, -0.1) is 0 Å². The average molecular weight is 325 g/mol. The first-order valence-corrected chi connectivity index (χ1v) is 7.20. The summed E-state index contributed by atoms with van der Waals surface area (Å²) in [6.45, 7) is 4.07. The Morgan fingerprint density at radius 2 is 1.83 bits per heavy atom. The Balaban J connectivity index is 2.10. The van der Waals surface area contributed by atoms with Crippen molar-refractivity contribution < 1.29 is 13.2 Å². The maximum absolute atomic E-state index is 12.9. The normalized spacial score (nSPS) is 11.6. The molecule has 2 rings (SSSR count). The summed E-state index contributed by atoms with van der Waals surface area (Å²) >= 11 is 0. The largest absolute Gasteiger partial charge is 0.433 e. The third-order valence-electron chi connectivity index (χ3n) is 2.90. The van der Waals surface area contributed by atoms with Crippen LogP contribution in [0.1, 0.15) is 25.1 Å². The highest BCUT2D eigenvalue weighted by molar-refractivity contribution is 5.43. The number of aromatic nitrogens is 3. The van der Waals surface area contributed by atoms with Gasteiger partial charge in [0.1, 0.15) is 5.82 Å². The molecule has 8 heteroatoms. The first kappa shape index (κ1) is 17.0. The highest BCUT2D eigenvalue weighted by Crippen LogP contribution is 2.29. The van der Waals surface area contributed by atoms with Gasteiger partial charge in [-0.1, -0.05) is 0 Å². The van der Waals surface area contributed by atoms with Crippen LogP contribution in [0.5, 0.6) is 0 Å². The Labute approximate surface area is 132 Å². The van der Waals surface area contributed by atoms with E-state index in [0.29, 0.717) is 13.0 Å². The fourth-order valence-corrected chi connectivity index (χ4v) is 1.89. The van der Waals surface area contributed by atoms with Gasteiger partial charge in [-0.05, 0) is 38.0 Å². The third-order valence-corrected chi connectivity index (χ3v) is 2.90. The highest BCUT2D eigenvalue weighted by Gasteiger charge is 2.33. The molecule has 2 heterocycles. The molecule has 0 fully saturated rings. The average Bonchev–Trinajstić information content (AvgIpc) is 2.46. The monoisotopic (exact) mass is 325 g/mol. The number of halogens is 3. The zero-order chi connectivity index (χ0) is 16.9. The second-order valence-corrected chi connectivity index (χ2v) is 5.29. The lowest BCUT2D eigenvalue weighted by Gasteiger charge is -2.14. The summed E-state index contributed by atoms with van der Waals surface area (Å²) < 4.78 is 38.8. The molecule has 0 aliphatic rings. The van der Waals surface area contributed by atoms with Crippen molar-refractivity contribution in [1.82, 2.24) is 15.0 Å². The summed E-state index contributed by atoms with van der Waals surface area (Å²) in [6.07, 6.45) is -0.516. The van der Waals surface area contributed by atoms with Gasteiger partial charge in [-0.25, -0.2) is 4.98 Å². The summed E-state index contributed by atoms with van der Waals surface area (Å²) in [4.78, 5) is 11.5. The van der Waals surface area contributed by atoms with Crippen LogP contribution in [0.4, 0.5) is 24.9 Å². The fraction of sp³-hybridized carbons (Fsp3) is 0.400. The van der Waals surface area contributed by atoms with E-state index in [9.17, 15) is 13.2 Å². The van der Waals surface area contributed by atoms with Crippen molar-refractivity contribution in [2.24, 2.45) is 0 Å². The number of hydrogen-bond acceptors (Lipinski definition) is 5. The SMILES string of the molecule is CC(C)Nc1nc(NCCc2ccncc2)cc(C(F)(F)F)n1. The second kappa shape index (κ2) is 7.26. The Bertz CT molecular complexity index is 629. The minimum Gasteiger partial charge on any atom is -0.370 e. The third kappa shape index (κ3) is 5.39. The van der Waals surface area contributed by atoms with Crippen LogP contribution in [0.15, 0.2) is 30.6 Å². The Kier molecular flexibility index (Phi) is 5.36. The molecule has 0 aliphatic carbocycles. The molecule has 0 unspecified atom stereocenters. The van der Waals surface area contributed by atoms with Gasteiger partial charge < -0.3 is 10.6 Å². The number of alkyl halides is 3. The molecule has 0 saturated carbocycles. The number of anilines is 2. The molecule has 2 N–H and O–H groups in total. The molecule has 2 aromatic rings. The minimum atomic E-state index is -4.52. The van der Waals surface area contributed by atoms with Gasteiger partial charge in [0.25, 0.3) is 0 Å². The molecule has 0 amide bonds. The summed E-state index contributed by atoms with van der Waals surface area (Å²) in [7, 11) is 0. The van der Waals surface area contributed by atoms with Gasteiger partial charge >= 0.3 is 6.18 Å². The first-order chi connectivity index (χ1) is 10.8. The van der Waals surface area contributed by atoms with Gasteiger partial charge in [0.05, 0.1) is 0 Å². The summed E-state index contributed by atoms with van der Waals surface area (Å²) in [5.74, 6) is 0.103. The molecule has 23 heavy (non-hydrogen) atoms. The van der Waals surface area contributed by atoms with E-state index in [1.165, 1.54) is 0 Å². The van der Waals surface area contributed by atoms with Gasteiger partial charge in [0.2, 0.25) is 5.95 Å².